The summed E-state index contributed by atoms with van der Waals surface area (Å²) in [5.74, 6) is -0.218. The van der Waals surface area contributed by atoms with Gasteiger partial charge in [-0.25, -0.2) is 4.79 Å². The highest BCUT2D eigenvalue weighted by molar-refractivity contribution is 5.96. The number of allylic oxidation sites excluding steroid dienone is 5. The van der Waals surface area contributed by atoms with Crippen LogP contribution in [0.5, 0.6) is 0 Å². The van der Waals surface area contributed by atoms with Crippen molar-refractivity contribution in [2.24, 2.45) is 11.8 Å². The molecule has 0 saturated heterocycles. The van der Waals surface area contributed by atoms with E-state index in [0.717, 1.165) is 11.1 Å². The maximum Gasteiger partial charge on any atom is 0.328 e. The van der Waals surface area contributed by atoms with Gasteiger partial charge in [0.2, 0.25) is 0 Å². The number of hydrogen-bond donors (Lipinski definition) is 1. The Bertz CT molecular complexity index is 452. The molecule has 0 aromatic heterocycles. The molecule has 1 aliphatic carbocycles. The van der Waals surface area contributed by atoms with E-state index in [1.54, 1.807) is 6.92 Å². The number of Topliss-reactive ketones (excluding diaryl/α,β-unsaturated/α-hetero) is 1. The van der Waals surface area contributed by atoms with Crippen LogP contribution in [0, 0.1) is 11.8 Å². The molecule has 0 heterocycles. The van der Waals surface area contributed by atoms with E-state index in [-0.39, 0.29) is 17.6 Å². The minimum Gasteiger partial charge on any atom is -0.478 e. The molecule has 0 bridgehead atoms. The Hall–Kier alpha value is -1.64. The van der Waals surface area contributed by atoms with Crippen LogP contribution in [0.4, 0.5) is 0 Å². The number of hydrogen-bond acceptors (Lipinski definition) is 2. The quantitative estimate of drug-likeness (QED) is 0.616. The number of carbonyl (C=O) groups is 2. The summed E-state index contributed by atoms with van der Waals surface area (Å²) in [4.78, 5) is 22.2. The molecule has 0 aliphatic heterocycles. The molecule has 3 heteroatoms. The second-order valence-corrected chi connectivity index (χ2v) is 5.02. The van der Waals surface area contributed by atoms with Gasteiger partial charge in [0, 0.05) is 18.4 Å². The monoisotopic (exact) mass is 248 g/mol. The molecule has 0 radical (unpaired) electrons. The fourth-order valence-corrected chi connectivity index (χ4v) is 2.30. The summed E-state index contributed by atoms with van der Waals surface area (Å²) < 4.78 is 0. The molecule has 18 heavy (non-hydrogen) atoms. The van der Waals surface area contributed by atoms with Gasteiger partial charge in [0.15, 0.2) is 5.78 Å². The van der Waals surface area contributed by atoms with Crippen molar-refractivity contribution in [1.29, 1.82) is 0 Å². The van der Waals surface area contributed by atoms with Crippen LogP contribution in [-0.4, -0.2) is 16.9 Å². The standard InChI is InChI=1S/C15H20O3/c1-9(7-15(17)18)5-6-13-10(2)8-14(16)12(4)11(13)3/h5-7,10,13H,8H2,1-4H3,(H,17,18)/b6-5+,9-7-. The molecule has 3 nitrogen and oxygen atoms in total. The van der Waals surface area contributed by atoms with Crippen molar-refractivity contribution in [3.8, 4) is 0 Å². The van der Waals surface area contributed by atoms with E-state index >= 15 is 0 Å². The van der Waals surface area contributed by atoms with E-state index in [1.165, 1.54) is 6.08 Å². The summed E-state index contributed by atoms with van der Waals surface area (Å²) >= 11 is 0. The van der Waals surface area contributed by atoms with Gasteiger partial charge in [0.25, 0.3) is 0 Å². The molecule has 0 saturated carbocycles. The summed E-state index contributed by atoms with van der Waals surface area (Å²) in [5, 5.41) is 8.64. The lowest BCUT2D eigenvalue weighted by atomic mass is 9.76. The first-order chi connectivity index (χ1) is 8.32. The van der Waals surface area contributed by atoms with Gasteiger partial charge in [-0.2, -0.15) is 0 Å². The molecule has 0 aromatic rings. The van der Waals surface area contributed by atoms with Crippen LogP contribution in [0.15, 0.2) is 34.9 Å². The van der Waals surface area contributed by atoms with Crippen molar-refractivity contribution in [3.63, 3.8) is 0 Å². The number of carboxylic acid groups (broad SMARTS) is 1. The highest BCUT2D eigenvalue weighted by atomic mass is 16.4. The maximum atomic E-state index is 11.7. The van der Waals surface area contributed by atoms with E-state index < -0.39 is 5.97 Å². The minimum absolute atomic E-state index is 0.222. The Morgan fingerprint density at radius 2 is 2.00 bits per heavy atom. The van der Waals surface area contributed by atoms with Crippen LogP contribution in [0.1, 0.15) is 34.1 Å². The Morgan fingerprint density at radius 1 is 1.39 bits per heavy atom. The van der Waals surface area contributed by atoms with E-state index in [9.17, 15) is 9.59 Å². The zero-order valence-electron chi connectivity index (χ0n) is 11.4. The summed E-state index contributed by atoms with van der Waals surface area (Å²) in [6, 6.07) is 0. The molecule has 1 rings (SSSR count). The SMILES string of the molecule is CC1=C(C)C(/C=C/C(C)=C\C(=O)O)C(C)CC1=O. The largest absolute Gasteiger partial charge is 0.478 e. The summed E-state index contributed by atoms with van der Waals surface area (Å²) in [6.07, 6.45) is 5.58. The topological polar surface area (TPSA) is 54.4 Å². The lowest BCUT2D eigenvalue weighted by Gasteiger charge is -2.28. The van der Waals surface area contributed by atoms with Gasteiger partial charge in [0.05, 0.1) is 0 Å². The van der Waals surface area contributed by atoms with Crippen molar-refractivity contribution in [1.82, 2.24) is 0 Å². The van der Waals surface area contributed by atoms with Crippen molar-refractivity contribution in [2.75, 3.05) is 0 Å². The van der Waals surface area contributed by atoms with Crippen molar-refractivity contribution in [3.05, 3.63) is 34.9 Å². The molecular weight excluding hydrogens is 228 g/mol. The highest BCUT2D eigenvalue weighted by Gasteiger charge is 2.27. The zero-order chi connectivity index (χ0) is 13.9. The average Bonchev–Trinajstić information content (AvgIpc) is 2.25. The fraction of sp³-hybridized carbons (Fsp3) is 0.467. The highest BCUT2D eigenvalue weighted by Crippen LogP contribution is 2.33. The van der Waals surface area contributed by atoms with Gasteiger partial charge in [-0.05, 0) is 37.8 Å². The molecular formula is C15H20O3. The Kier molecular flexibility index (Phi) is 4.65. The van der Waals surface area contributed by atoms with E-state index in [0.29, 0.717) is 12.0 Å². The van der Waals surface area contributed by atoms with Crippen LogP contribution in [0.2, 0.25) is 0 Å². The maximum absolute atomic E-state index is 11.7. The summed E-state index contributed by atoms with van der Waals surface area (Å²) in [7, 11) is 0. The first-order valence-electron chi connectivity index (χ1n) is 6.13. The number of ketones is 1. The second kappa shape index (κ2) is 5.80. The van der Waals surface area contributed by atoms with Gasteiger partial charge in [-0.1, -0.05) is 24.6 Å². The molecule has 1 aliphatic rings. The molecule has 1 N–H and O–H groups in total. The predicted molar refractivity (Wildman–Crippen MR) is 71.2 cm³/mol. The van der Waals surface area contributed by atoms with Crippen molar-refractivity contribution < 1.29 is 14.7 Å². The molecule has 0 aromatic carbocycles. The lowest BCUT2D eigenvalue weighted by Crippen LogP contribution is -2.23. The number of aliphatic carboxylic acids is 1. The Morgan fingerprint density at radius 3 is 2.56 bits per heavy atom. The van der Waals surface area contributed by atoms with Gasteiger partial charge in [-0.3, -0.25) is 4.79 Å². The smallest absolute Gasteiger partial charge is 0.328 e. The third-order valence-electron chi connectivity index (χ3n) is 3.55. The van der Waals surface area contributed by atoms with Crippen LogP contribution in [-0.2, 0) is 9.59 Å². The third kappa shape index (κ3) is 3.42. The first kappa shape index (κ1) is 14.4. The van der Waals surface area contributed by atoms with Crippen LogP contribution < -0.4 is 0 Å². The van der Waals surface area contributed by atoms with Crippen LogP contribution >= 0.6 is 0 Å². The van der Waals surface area contributed by atoms with Gasteiger partial charge in [0.1, 0.15) is 0 Å². The first-order valence-corrected chi connectivity index (χ1v) is 6.13. The van der Waals surface area contributed by atoms with E-state index in [4.69, 9.17) is 5.11 Å². The van der Waals surface area contributed by atoms with Crippen LogP contribution in [0.3, 0.4) is 0 Å². The molecule has 98 valence electrons. The number of carboxylic acids is 1. The predicted octanol–water partition coefficient (Wildman–Crippen LogP) is 3.14. The molecule has 0 amide bonds. The summed E-state index contributed by atoms with van der Waals surface area (Å²) in [6.45, 7) is 7.66. The third-order valence-corrected chi connectivity index (χ3v) is 3.55. The molecule has 2 unspecified atom stereocenters. The second-order valence-electron chi connectivity index (χ2n) is 5.02. The summed E-state index contributed by atoms with van der Waals surface area (Å²) in [5.41, 5.74) is 2.65. The normalized spacial score (nSPS) is 26.0. The van der Waals surface area contributed by atoms with Crippen molar-refractivity contribution >= 4 is 11.8 Å². The fourth-order valence-electron chi connectivity index (χ4n) is 2.30. The minimum atomic E-state index is -0.938. The average molecular weight is 248 g/mol. The van der Waals surface area contributed by atoms with Gasteiger partial charge < -0.3 is 5.11 Å². The lowest BCUT2D eigenvalue weighted by molar-refractivity contribution is -0.131. The van der Waals surface area contributed by atoms with Gasteiger partial charge >= 0.3 is 5.97 Å². The molecule has 0 spiro atoms. The van der Waals surface area contributed by atoms with Crippen molar-refractivity contribution in [2.45, 2.75) is 34.1 Å². The number of rotatable bonds is 3. The number of carbonyl (C=O) groups excluding carboxylic acids is 1. The van der Waals surface area contributed by atoms with Gasteiger partial charge in [-0.15, -0.1) is 0 Å². The van der Waals surface area contributed by atoms with E-state index in [2.05, 4.69) is 6.92 Å². The Balaban J connectivity index is 2.93. The van der Waals surface area contributed by atoms with E-state index in [1.807, 2.05) is 26.0 Å². The molecule has 0 fully saturated rings. The molecule has 2 atom stereocenters. The Labute approximate surface area is 108 Å². The van der Waals surface area contributed by atoms with Crippen LogP contribution in [0.25, 0.3) is 0 Å². The zero-order valence-corrected chi connectivity index (χ0v) is 11.4.